The minimum atomic E-state index is 0. The van der Waals surface area contributed by atoms with Gasteiger partial charge in [-0.1, -0.05) is 0 Å². The lowest BCUT2D eigenvalue weighted by atomic mass is 10.3. The van der Waals surface area contributed by atoms with Gasteiger partial charge in [0.15, 0.2) is 5.96 Å². The molecule has 0 spiro atoms. The number of likely N-dealkylation sites (N-methyl/N-ethyl adjacent to an activating group) is 1. The molecule has 1 heterocycles. The summed E-state index contributed by atoms with van der Waals surface area (Å²) < 4.78 is 11.0. The summed E-state index contributed by atoms with van der Waals surface area (Å²) in [4.78, 5) is 6.88. The fourth-order valence-corrected chi connectivity index (χ4v) is 2.04. The van der Waals surface area contributed by atoms with Crippen LogP contribution in [0.4, 0.5) is 0 Å². The van der Waals surface area contributed by atoms with Gasteiger partial charge in [-0.05, 0) is 27.3 Å². The second-order valence-corrected chi connectivity index (χ2v) is 4.95. The molecular weight excluding hydrogens is 383 g/mol. The fraction of sp³-hybridized carbons (Fsp3) is 0.929. The van der Waals surface area contributed by atoms with Gasteiger partial charge in [0.25, 0.3) is 0 Å². The van der Waals surface area contributed by atoms with E-state index in [9.17, 15) is 0 Å². The highest BCUT2D eigenvalue weighted by atomic mass is 127. The molecule has 1 unspecified atom stereocenters. The maximum absolute atomic E-state index is 5.71. The van der Waals surface area contributed by atoms with Crippen LogP contribution in [0.3, 0.4) is 0 Å². The molecule has 2 N–H and O–H groups in total. The molecule has 1 fully saturated rings. The molecule has 1 rings (SSSR count). The number of halogens is 1. The van der Waals surface area contributed by atoms with E-state index in [0.717, 1.165) is 58.4 Å². The first-order valence-corrected chi connectivity index (χ1v) is 7.66. The van der Waals surface area contributed by atoms with Crippen LogP contribution in [0.25, 0.3) is 0 Å². The van der Waals surface area contributed by atoms with Crippen molar-refractivity contribution in [2.45, 2.75) is 26.4 Å². The molecule has 21 heavy (non-hydrogen) atoms. The molecule has 7 heteroatoms. The molecule has 0 aromatic rings. The number of ether oxygens (including phenoxy) is 2. The maximum atomic E-state index is 5.71. The van der Waals surface area contributed by atoms with Crippen molar-refractivity contribution in [3.8, 4) is 0 Å². The van der Waals surface area contributed by atoms with Crippen molar-refractivity contribution < 1.29 is 9.47 Å². The summed E-state index contributed by atoms with van der Waals surface area (Å²) in [6.07, 6.45) is 1.19. The second-order valence-electron chi connectivity index (χ2n) is 4.95. The van der Waals surface area contributed by atoms with Crippen molar-refractivity contribution in [2.75, 3.05) is 59.6 Å². The van der Waals surface area contributed by atoms with Crippen molar-refractivity contribution in [3.05, 3.63) is 0 Å². The molecule has 0 aromatic heterocycles. The third-order valence-corrected chi connectivity index (χ3v) is 3.10. The minimum Gasteiger partial charge on any atom is -0.382 e. The minimum absolute atomic E-state index is 0. The lowest BCUT2D eigenvalue weighted by Crippen LogP contribution is -2.43. The van der Waals surface area contributed by atoms with Gasteiger partial charge in [0.05, 0.1) is 19.3 Å². The highest BCUT2D eigenvalue weighted by Crippen LogP contribution is 2.02. The summed E-state index contributed by atoms with van der Waals surface area (Å²) in [5, 5.41) is 6.57. The van der Waals surface area contributed by atoms with E-state index >= 15 is 0 Å². The number of hydrogen-bond acceptors (Lipinski definition) is 4. The van der Waals surface area contributed by atoms with Crippen LogP contribution in [-0.2, 0) is 9.47 Å². The highest BCUT2D eigenvalue weighted by Gasteiger charge is 2.17. The normalized spacial score (nSPS) is 20.0. The first-order chi connectivity index (χ1) is 9.76. The van der Waals surface area contributed by atoms with Crippen molar-refractivity contribution in [3.63, 3.8) is 0 Å². The molecule has 0 saturated carbocycles. The first kappa shape index (κ1) is 20.9. The molecule has 0 amide bonds. The van der Waals surface area contributed by atoms with E-state index in [1.807, 2.05) is 6.92 Å². The smallest absolute Gasteiger partial charge is 0.191 e. The van der Waals surface area contributed by atoms with Crippen molar-refractivity contribution >= 4 is 29.9 Å². The summed E-state index contributed by atoms with van der Waals surface area (Å²) in [6, 6.07) is 0. The number of aliphatic imine (C=N–C) groups is 1. The van der Waals surface area contributed by atoms with Gasteiger partial charge in [-0.2, -0.15) is 0 Å². The van der Waals surface area contributed by atoms with Crippen LogP contribution in [0.2, 0.25) is 0 Å². The van der Waals surface area contributed by atoms with E-state index in [-0.39, 0.29) is 30.1 Å². The monoisotopic (exact) mass is 414 g/mol. The van der Waals surface area contributed by atoms with Crippen molar-refractivity contribution in [1.29, 1.82) is 0 Å². The predicted molar refractivity (Wildman–Crippen MR) is 97.7 cm³/mol. The maximum Gasteiger partial charge on any atom is 0.191 e. The molecular formula is C14H31IN4O2. The molecule has 1 aliphatic rings. The average molecular weight is 414 g/mol. The van der Waals surface area contributed by atoms with Gasteiger partial charge in [0.2, 0.25) is 0 Å². The highest BCUT2D eigenvalue weighted by molar-refractivity contribution is 14.0. The van der Waals surface area contributed by atoms with E-state index < -0.39 is 0 Å². The van der Waals surface area contributed by atoms with Crippen molar-refractivity contribution in [2.24, 2.45) is 4.99 Å². The van der Waals surface area contributed by atoms with Crippen LogP contribution >= 0.6 is 24.0 Å². The Balaban J connectivity index is 0.00000400. The number of morpholine rings is 1. The van der Waals surface area contributed by atoms with E-state index in [2.05, 4.69) is 34.5 Å². The largest absolute Gasteiger partial charge is 0.382 e. The standard InChI is InChI=1S/C14H30N4O2.HI/c1-4-15-14(16-7-6-9-19-5-2)17-11-13-12-18(3)8-10-20-13;/h13H,4-12H2,1-3H3,(H2,15,16,17);1H. The van der Waals surface area contributed by atoms with Crippen LogP contribution in [0.1, 0.15) is 20.3 Å². The Morgan fingerprint density at radius 3 is 2.86 bits per heavy atom. The Morgan fingerprint density at radius 1 is 1.38 bits per heavy atom. The average Bonchev–Trinajstić information content (AvgIpc) is 2.44. The third kappa shape index (κ3) is 10.3. The summed E-state index contributed by atoms with van der Waals surface area (Å²) in [6.45, 7) is 10.9. The van der Waals surface area contributed by atoms with E-state index in [1.54, 1.807) is 0 Å². The summed E-state index contributed by atoms with van der Waals surface area (Å²) in [5.74, 6) is 0.862. The van der Waals surface area contributed by atoms with E-state index in [0.29, 0.717) is 6.54 Å². The van der Waals surface area contributed by atoms with Gasteiger partial charge in [-0.25, -0.2) is 0 Å². The molecule has 126 valence electrons. The zero-order valence-corrected chi connectivity index (χ0v) is 15.9. The number of nitrogens with zero attached hydrogens (tertiary/aromatic N) is 2. The molecule has 1 atom stereocenters. The van der Waals surface area contributed by atoms with Crippen LogP contribution in [-0.4, -0.2) is 76.6 Å². The number of nitrogens with one attached hydrogen (secondary N) is 2. The van der Waals surface area contributed by atoms with Crippen LogP contribution in [0, 0.1) is 0 Å². The van der Waals surface area contributed by atoms with Crippen LogP contribution in [0.15, 0.2) is 4.99 Å². The number of hydrogen-bond donors (Lipinski definition) is 2. The number of rotatable bonds is 8. The van der Waals surface area contributed by atoms with Crippen LogP contribution < -0.4 is 10.6 Å². The van der Waals surface area contributed by atoms with Gasteiger partial charge in [-0.3, -0.25) is 4.99 Å². The summed E-state index contributed by atoms with van der Waals surface area (Å²) in [5.41, 5.74) is 0. The quantitative estimate of drug-likeness (QED) is 0.268. The molecule has 1 aliphatic heterocycles. The summed E-state index contributed by atoms with van der Waals surface area (Å²) in [7, 11) is 2.12. The Bertz CT molecular complexity index is 280. The van der Waals surface area contributed by atoms with Gasteiger partial charge >= 0.3 is 0 Å². The zero-order chi connectivity index (χ0) is 14.6. The Morgan fingerprint density at radius 2 is 2.19 bits per heavy atom. The molecule has 1 saturated heterocycles. The third-order valence-electron chi connectivity index (χ3n) is 3.10. The topological polar surface area (TPSA) is 58.1 Å². The molecule has 0 bridgehead atoms. The number of guanidine groups is 1. The molecule has 0 aliphatic carbocycles. The Labute approximate surface area is 146 Å². The molecule has 0 aromatic carbocycles. The van der Waals surface area contributed by atoms with Gasteiger partial charge < -0.3 is 25.0 Å². The fourth-order valence-electron chi connectivity index (χ4n) is 2.04. The van der Waals surface area contributed by atoms with Crippen molar-refractivity contribution in [1.82, 2.24) is 15.5 Å². The van der Waals surface area contributed by atoms with Gasteiger partial charge in [0, 0.05) is 39.4 Å². The first-order valence-electron chi connectivity index (χ1n) is 7.66. The lowest BCUT2D eigenvalue weighted by Gasteiger charge is -2.29. The summed E-state index contributed by atoms with van der Waals surface area (Å²) >= 11 is 0. The SMILES string of the molecule is CCNC(=NCC1CN(C)CCO1)NCCCOCC.I. The lowest BCUT2D eigenvalue weighted by molar-refractivity contribution is -0.0136. The van der Waals surface area contributed by atoms with Gasteiger partial charge in [0.1, 0.15) is 0 Å². The predicted octanol–water partition coefficient (Wildman–Crippen LogP) is 0.917. The Kier molecular flexibility index (Phi) is 13.5. The Hall–Kier alpha value is -0.120. The molecule has 0 radical (unpaired) electrons. The zero-order valence-electron chi connectivity index (χ0n) is 13.6. The van der Waals surface area contributed by atoms with Crippen LogP contribution in [0.5, 0.6) is 0 Å². The molecule has 6 nitrogen and oxygen atoms in total. The van der Waals surface area contributed by atoms with E-state index in [1.165, 1.54) is 0 Å². The van der Waals surface area contributed by atoms with E-state index in [4.69, 9.17) is 9.47 Å². The van der Waals surface area contributed by atoms with Gasteiger partial charge in [-0.15, -0.1) is 24.0 Å². The second kappa shape index (κ2) is 13.5.